The summed E-state index contributed by atoms with van der Waals surface area (Å²) in [5.74, 6) is 1.84. The monoisotopic (exact) mass is 715 g/mol. The second-order valence-corrected chi connectivity index (χ2v) is 14.1. The molecule has 5 heteroatoms. The maximum Gasteiger partial charge on any atom is 0.166 e. The summed E-state index contributed by atoms with van der Waals surface area (Å²) in [4.78, 5) is 19.5. The van der Waals surface area contributed by atoms with E-state index in [0.29, 0.717) is 17.5 Å². The maximum atomic E-state index is 5.28. The molecule has 3 aromatic heterocycles. The summed E-state index contributed by atoms with van der Waals surface area (Å²) in [7, 11) is 0. The fraction of sp³-hybridized carbons (Fsp3) is 0. The number of fused-ring (bicyclic) bond motifs is 7. The SMILES string of the molecule is c1ccc(-c2ccc(-c3nc(-c4cccc(-c5ccccc5)c4)nc(-c4ccccc4-n4c5ccccc5c5ccc6c7ccccc7[nH]c6c54)n3)cc2)cc1. The second kappa shape index (κ2) is 13.0. The van der Waals surface area contributed by atoms with Crippen LogP contribution in [0.2, 0.25) is 0 Å². The highest BCUT2D eigenvalue weighted by molar-refractivity contribution is 6.22. The smallest absolute Gasteiger partial charge is 0.166 e. The maximum absolute atomic E-state index is 5.28. The Bertz CT molecular complexity index is 3230. The number of rotatable bonds is 6. The highest BCUT2D eigenvalue weighted by Crippen LogP contribution is 2.41. The number of benzene rings is 8. The normalized spacial score (nSPS) is 11.6. The summed E-state index contributed by atoms with van der Waals surface area (Å²) in [5, 5.41) is 4.77. The predicted octanol–water partition coefficient (Wildman–Crippen LogP) is 12.9. The van der Waals surface area contributed by atoms with Crippen molar-refractivity contribution in [3.05, 3.63) is 194 Å². The molecule has 0 saturated carbocycles. The van der Waals surface area contributed by atoms with E-state index < -0.39 is 0 Å². The van der Waals surface area contributed by atoms with Gasteiger partial charge in [-0.15, -0.1) is 0 Å². The molecule has 262 valence electrons. The molecule has 0 bridgehead atoms. The van der Waals surface area contributed by atoms with Crippen LogP contribution in [0.1, 0.15) is 0 Å². The van der Waals surface area contributed by atoms with Crippen molar-refractivity contribution in [2.75, 3.05) is 0 Å². The van der Waals surface area contributed by atoms with Crippen molar-refractivity contribution in [1.82, 2.24) is 24.5 Å². The molecule has 0 aliphatic rings. The van der Waals surface area contributed by atoms with E-state index in [-0.39, 0.29) is 0 Å². The van der Waals surface area contributed by atoms with Crippen molar-refractivity contribution in [3.63, 3.8) is 0 Å². The van der Waals surface area contributed by atoms with Crippen molar-refractivity contribution < 1.29 is 0 Å². The lowest BCUT2D eigenvalue weighted by Crippen LogP contribution is -2.04. The van der Waals surface area contributed by atoms with Crippen LogP contribution >= 0.6 is 0 Å². The summed E-state index contributed by atoms with van der Waals surface area (Å²) in [6, 6.07) is 68.0. The molecule has 11 rings (SSSR count). The molecule has 3 heterocycles. The zero-order chi connectivity index (χ0) is 37.0. The van der Waals surface area contributed by atoms with Crippen LogP contribution in [0.5, 0.6) is 0 Å². The Kier molecular flexibility index (Phi) is 7.42. The minimum atomic E-state index is 0.604. The number of hydrogen-bond donors (Lipinski definition) is 1. The lowest BCUT2D eigenvalue weighted by Gasteiger charge is -2.15. The molecule has 0 amide bonds. The van der Waals surface area contributed by atoms with Gasteiger partial charge in [-0.1, -0.05) is 164 Å². The number of para-hydroxylation sites is 3. The van der Waals surface area contributed by atoms with E-state index in [4.69, 9.17) is 15.0 Å². The molecule has 5 nitrogen and oxygen atoms in total. The quantitative estimate of drug-likeness (QED) is 0.186. The van der Waals surface area contributed by atoms with Gasteiger partial charge in [-0.25, -0.2) is 15.0 Å². The Morgan fingerprint density at radius 3 is 1.71 bits per heavy atom. The standard InChI is InChI=1S/C51H33N5/c1-3-14-33(15-4-1)35-26-28-36(29-27-35)49-53-50(38-19-13-18-37(32-38)34-16-5-2-6-17-34)55-51(54-49)43-22-9-12-25-46(43)56-45-24-11-8-21-40(45)42-31-30-41-39-20-7-10-23-44(39)52-47(41)48(42)56/h1-32,52H. The van der Waals surface area contributed by atoms with Gasteiger partial charge >= 0.3 is 0 Å². The fourth-order valence-corrected chi connectivity index (χ4v) is 8.14. The molecule has 0 radical (unpaired) electrons. The van der Waals surface area contributed by atoms with Crippen molar-refractivity contribution >= 4 is 43.6 Å². The highest BCUT2D eigenvalue weighted by atomic mass is 15.1. The number of nitrogens with one attached hydrogen (secondary N) is 1. The summed E-state index contributed by atoms with van der Waals surface area (Å²) < 4.78 is 2.38. The Hall–Kier alpha value is -7.63. The summed E-state index contributed by atoms with van der Waals surface area (Å²) in [6.07, 6.45) is 0. The first-order valence-corrected chi connectivity index (χ1v) is 18.9. The molecule has 56 heavy (non-hydrogen) atoms. The number of aromatic nitrogens is 5. The third-order valence-corrected chi connectivity index (χ3v) is 10.8. The van der Waals surface area contributed by atoms with Crippen LogP contribution in [0.15, 0.2) is 194 Å². The fourth-order valence-electron chi connectivity index (χ4n) is 8.14. The minimum absolute atomic E-state index is 0.604. The first-order valence-electron chi connectivity index (χ1n) is 18.9. The third-order valence-electron chi connectivity index (χ3n) is 10.8. The molecule has 0 saturated heterocycles. The zero-order valence-corrected chi connectivity index (χ0v) is 30.3. The summed E-state index contributed by atoms with van der Waals surface area (Å²) >= 11 is 0. The lowest BCUT2D eigenvalue weighted by atomic mass is 10.0. The zero-order valence-electron chi connectivity index (χ0n) is 30.3. The molecule has 0 aliphatic heterocycles. The van der Waals surface area contributed by atoms with Crippen LogP contribution < -0.4 is 0 Å². The largest absolute Gasteiger partial charge is 0.353 e. The molecule has 1 N–H and O–H groups in total. The van der Waals surface area contributed by atoms with Crippen LogP contribution in [-0.2, 0) is 0 Å². The van der Waals surface area contributed by atoms with Crippen LogP contribution in [0.3, 0.4) is 0 Å². The number of hydrogen-bond acceptors (Lipinski definition) is 3. The van der Waals surface area contributed by atoms with Gasteiger partial charge in [0, 0.05) is 43.8 Å². The van der Waals surface area contributed by atoms with Crippen LogP contribution in [0.25, 0.3) is 106 Å². The molecule has 0 unspecified atom stereocenters. The molecule has 11 aromatic rings. The molecular formula is C51H33N5. The van der Waals surface area contributed by atoms with Gasteiger partial charge in [-0.2, -0.15) is 0 Å². The van der Waals surface area contributed by atoms with Gasteiger partial charge in [0.05, 0.1) is 22.2 Å². The van der Waals surface area contributed by atoms with E-state index in [9.17, 15) is 0 Å². The molecule has 0 aliphatic carbocycles. The van der Waals surface area contributed by atoms with Gasteiger partial charge in [0.15, 0.2) is 17.5 Å². The van der Waals surface area contributed by atoms with E-state index in [0.717, 1.165) is 66.7 Å². The molecule has 8 aromatic carbocycles. The first-order chi connectivity index (χ1) is 27.8. The summed E-state index contributed by atoms with van der Waals surface area (Å²) in [6.45, 7) is 0. The number of nitrogens with zero attached hydrogens (tertiary/aromatic N) is 4. The van der Waals surface area contributed by atoms with Crippen LogP contribution in [0, 0.1) is 0 Å². The predicted molar refractivity (Wildman–Crippen MR) is 231 cm³/mol. The first kappa shape index (κ1) is 31.9. The van der Waals surface area contributed by atoms with Gasteiger partial charge in [0.2, 0.25) is 0 Å². The Balaban J connectivity index is 1.15. The van der Waals surface area contributed by atoms with Gasteiger partial charge in [-0.3, -0.25) is 0 Å². The number of aromatic amines is 1. The average Bonchev–Trinajstić information content (AvgIpc) is 3.83. The molecule has 0 atom stereocenters. The van der Waals surface area contributed by atoms with E-state index >= 15 is 0 Å². The summed E-state index contributed by atoms with van der Waals surface area (Å²) in [5.41, 5.74) is 12.7. The number of H-pyrrole nitrogens is 1. The van der Waals surface area contributed by atoms with Crippen molar-refractivity contribution in [1.29, 1.82) is 0 Å². The molecule has 0 fully saturated rings. The topological polar surface area (TPSA) is 59.4 Å². The molecular weight excluding hydrogens is 683 g/mol. The third kappa shape index (κ3) is 5.29. The van der Waals surface area contributed by atoms with Gasteiger partial charge < -0.3 is 9.55 Å². The van der Waals surface area contributed by atoms with Crippen molar-refractivity contribution in [2.45, 2.75) is 0 Å². The van der Waals surface area contributed by atoms with Crippen molar-refractivity contribution in [3.8, 4) is 62.1 Å². The van der Waals surface area contributed by atoms with E-state index in [1.165, 1.54) is 21.5 Å². The van der Waals surface area contributed by atoms with Crippen molar-refractivity contribution in [2.24, 2.45) is 0 Å². The highest BCUT2D eigenvalue weighted by Gasteiger charge is 2.21. The van der Waals surface area contributed by atoms with E-state index in [2.05, 4.69) is 192 Å². The van der Waals surface area contributed by atoms with Gasteiger partial charge in [0.1, 0.15) is 0 Å². The van der Waals surface area contributed by atoms with Gasteiger partial charge in [-0.05, 0) is 52.6 Å². The Morgan fingerprint density at radius 2 is 0.911 bits per heavy atom. The Labute approximate surface area is 323 Å². The van der Waals surface area contributed by atoms with E-state index in [1.807, 2.05) is 12.1 Å². The average molecular weight is 716 g/mol. The molecule has 0 spiro atoms. The van der Waals surface area contributed by atoms with Crippen LogP contribution in [0.4, 0.5) is 0 Å². The Morgan fingerprint density at radius 1 is 0.357 bits per heavy atom. The second-order valence-electron chi connectivity index (χ2n) is 14.1. The van der Waals surface area contributed by atoms with E-state index in [1.54, 1.807) is 0 Å². The van der Waals surface area contributed by atoms with Crippen LogP contribution in [-0.4, -0.2) is 24.5 Å². The van der Waals surface area contributed by atoms with Gasteiger partial charge in [0.25, 0.3) is 0 Å². The minimum Gasteiger partial charge on any atom is -0.353 e. The lowest BCUT2D eigenvalue weighted by molar-refractivity contribution is 1.06.